The van der Waals surface area contributed by atoms with Gasteiger partial charge in [0, 0.05) is 11.8 Å². The minimum absolute atomic E-state index is 0.107. The third-order valence-corrected chi connectivity index (χ3v) is 3.54. The highest BCUT2D eigenvalue weighted by atomic mass is 32.1. The van der Waals surface area contributed by atoms with Crippen molar-refractivity contribution in [1.29, 1.82) is 0 Å². The number of aromatic nitrogens is 1. The molecule has 1 aromatic carbocycles. The van der Waals surface area contributed by atoms with Crippen molar-refractivity contribution in [2.75, 3.05) is 0 Å². The Balaban J connectivity index is 1.89. The summed E-state index contributed by atoms with van der Waals surface area (Å²) in [6, 6.07) is 5.10. The van der Waals surface area contributed by atoms with Crippen LogP contribution in [0.4, 0.5) is 13.2 Å². The number of aliphatic hydroxyl groups excluding tert-OH is 1. The lowest BCUT2D eigenvalue weighted by molar-refractivity contribution is -0.137. The minimum atomic E-state index is -4.30. The molecule has 0 aliphatic rings. The molecule has 0 fully saturated rings. The third-order valence-electron chi connectivity index (χ3n) is 2.73. The van der Waals surface area contributed by atoms with Crippen molar-refractivity contribution in [2.45, 2.75) is 25.6 Å². The van der Waals surface area contributed by atoms with Crippen molar-refractivity contribution < 1.29 is 18.3 Å². The Hall–Kier alpha value is -1.84. The van der Waals surface area contributed by atoms with Gasteiger partial charge in [-0.05, 0) is 30.0 Å². The summed E-state index contributed by atoms with van der Waals surface area (Å²) in [6.45, 7) is -0.107. The lowest BCUT2D eigenvalue weighted by Crippen LogP contribution is -2.04. The van der Waals surface area contributed by atoms with Crippen LogP contribution in [0.2, 0.25) is 0 Å². The standard InChI is InChI=1S/C15H12F3NOS/c16-15(17,18)12-7-5-11(6-8-12)3-1-2-4-14-19-13(9-20)10-21-14/h5-8,10,20H,1,3,9H2. The number of aliphatic hydroxyl groups is 1. The van der Waals surface area contributed by atoms with E-state index in [1.165, 1.54) is 23.5 Å². The molecule has 0 bridgehead atoms. The van der Waals surface area contributed by atoms with Crippen LogP contribution < -0.4 is 0 Å². The zero-order chi connectivity index (χ0) is 15.3. The number of halogens is 3. The third kappa shape index (κ3) is 4.59. The highest BCUT2D eigenvalue weighted by Crippen LogP contribution is 2.29. The first kappa shape index (κ1) is 15.5. The van der Waals surface area contributed by atoms with Crippen LogP contribution in [0.5, 0.6) is 0 Å². The molecule has 0 amide bonds. The van der Waals surface area contributed by atoms with E-state index in [9.17, 15) is 13.2 Å². The number of thiazole rings is 1. The van der Waals surface area contributed by atoms with Crippen molar-refractivity contribution in [1.82, 2.24) is 4.98 Å². The van der Waals surface area contributed by atoms with Crippen LogP contribution in [0.3, 0.4) is 0 Å². The van der Waals surface area contributed by atoms with Crippen molar-refractivity contribution in [3.05, 3.63) is 51.5 Å². The molecule has 2 rings (SSSR count). The quantitative estimate of drug-likeness (QED) is 0.878. The van der Waals surface area contributed by atoms with Gasteiger partial charge < -0.3 is 5.11 Å². The second-order valence-electron chi connectivity index (χ2n) is 4.30. The summed E-state index contributed by atoms with van der Waals surface area (Å²) in [6.07, 6.45) is -3.17. The lowest BCUT2D eigenvalue weighted by atomic mass is 10.1. The van der Waals surface area contributed by atoms with Crippen LogP contribution in [0.1, 0.15) is 28.2 Å². The van der Waals surface area contributed by atoms with Gasteiger partial charge in [0.05, 0.1) is 17.9 Å². The summed E-state index contributed by atoms with van der Waals surface area (Å²) in [7, 11) is 0. The van der Waals surface area contributed by atoms with Gasteiger partial charge in [-0.25, -0.2) is 4.98 Å². The number of aryl methyl sites for hydroxylation is 1. The van der Waals surface area contributed by atoms with Gasteiger partial charge in [0.15, 0.2) is 5.01 Å². The van der Waals surface area contributed by atoms with Crippen LogP contribution in [0.15, 0.2) is 29.6 Å². The number of nitrogens with zero attached hydrogens (tertiary/aromatic N) is 1. The summed E-state index contributed by atoms with van der Waals surface area (Å²) in [5, 5.41) is 11.2. The van der Waals surface area contributed by atoms with Crippen molar-refractivity contribution >= 4 is 11.3 Å². The molecule has 2 nitrogen and oxygen atoms in total. The second kappa shape index (κ2) is 6.74. The van der Waals surface area contributed by atoms with Gasteiger partial charge >= 0.3 is 6.18 Å². The first-order chi connectivity index (χ1) is 9.99. The molecule has 0 saturated carbocycles. The zero-order valence-corrected chi connectivity index (χ0v) is 11.8. The van der Waals surface area contributed by atoms with Gasteiger partial charge in [0.1, 0.15) is 0 Å². The predicted molar refractivity (Wildman–Crippen MR) is 74.7 cm³/mol. The highest BCUT2D eigenvalue weighted by Gasteiger charge is 2.29. The summed E-state index contributed by atoms with van der Waals surface area (Å²) in [4.78, 5) is 4.08. The fraction of sp³-hybridized carbons (Fsp3) is 0.267. The maximum absolute atomic E-state index is 12.4. The maximum atomic E-state index is 12.4. The number of rotatable bonds is 3. The van der Waals surface area contributed by atoms with Crippen molar-refractivity contribution in [3.63, 3.8) is 0 Å². The van der Waals surface area contributed by atoms with E-state index in [2.05, 4.69) is 16.8 Å². The van der Waals surface area contributed by atoms with E-state index in [1.54, 1.807) is 5.38 Å². The average molecular weight is 311 g/mol. The van der Waals surface area contributed by atoms with Crippen LogP contribution >= 0.6 is 11.3 Å². The Morgan fingerprint density at radius 2 is 1.90 bits per heavy atom. The Bertz CT molecular complexity index is 650. The fourth-order valence-corrected chi connectivity index (χ4v) is 2.32. The van der Waals surface area contributed by atoms with Gasteiger partial charge in [0.25, 0.3) is 0 Å². The van der Waals surface area contributed by atoms with Crippen molar-refractivity contribution in [3.8, 4) is 11.8 Å². The van der Waals surface area contributed by atoms with E-state index < -0.39 is 11.7 Å². The van der Waals surface area contributed by atoms with Crippen LogP contribution in [0.25, 0.3) is 0 Å². The summed E-state index contributed by atoms with van der Waals surface area (Å²) in [5.41, 5.74) is 0.760. The number of benzene rings is 1. The smallest absolute Gasteiger partial charge is 0.390 e. The first-order valence-corrected chi connectivity index (χ1v) is 7.07. The van der Waals surface area contributed by atoms with Crippen LogP contribution in [-0.4, -0.2) is 10.1 Å². The molecule has 110 valence electrons. The Labute approximate surface area is 124 Å². The monoisotopic (exact) mass is 311 g/mol. The molecule has 0 spiro atoms. The first-order valence-electron chi connectivity index (χ1n) is 6.19. The minimum Gasteiger partial charge on any atom is -0.390 e. The molecular weight excluding hydrogens is 299 g/mol. The largest absolute Gasteiger partial charge is 0.416 e. The SMILES string of the molecule is OCc1csc(C#CCCc2ccc(C(F)(F)F)cc2)n1. The van der Waals surface area contributed by atoms with E-state index in [0.29, 0.717) is 23.5 Å². The Morgan fingerprint density at radius 1 is 1.19 bits per heavy atom. The van der Waals surface area contributed by atoms with E-state index in [-0.39, 0.29) is 6.61 Å². The number of hydrogen-bond donors (Lipinski definition) is 1. The molecule has 0 aliphatic heterocycles. The molecule has 0 atom stereocenters. The molecule has 1 N–H and O–H groups in total. The summed E-state index contributed by atoms with van der Waals surface area (Å²) < 4.78 is 37.2. The molecule has 21 heavy (non-hydrogen) atoms. The van der Waals surface area contributed by atoms with Gasteiger partial charge in [-0.2, -0.15) is 13.2 Å². The number of alkyl halides is 3. The molecule has 2 aromatic rings. The molecule has 1 aromatic heterocycles. The van der Waals surface area contributed by atoms with E-state index in [4.69, 9.17) is 5.11 Å². The van der Waals surface area contributed by atoms with Gasteiger partial charge in [-0.1, -0.05) is 18.1 Å². The van der Waals surface area contributed by atoms with Gasteiger partial charge in [-0.3, -0.25) is 0 Å². The molecule has 0 saturated heterocycles. The molecule has 0 radical (unpaired) electrons. The van der Waals surface area contributed by atoms with Crippen LogP contribution in [0, 0.1) is 11.8 Å². The fourth-order valence-electron chi connectivity index (χ4n) is 1.64. The average Bonchev–Trinajstić information content (AvgIpc) is 2.91. The lowest BCUT2D eigenvalue weighted by Gasteiger charge is -2.06. The van der Waals surface area contributed by atoms with Gasteiger partial charge in [0.2, 0.25) is 0 Å². The molecule has 0 aliphatic carbocycles. The van der Waals surface area contributed by atoms with E-state index in [1.807, 2.05) is 0 Å². The summed E-state index contributed by atoms with van der Waals surface area (Å²) >= 11 is 1.36. The topological polar surface area (TPSA) is 33.1 Å². The second-order valence-corrected chi connectivity index (χ2v) is 5.16. The molecule has 1 heterocycles. The molecule has 6 heteroatoms. The number of hydrogen-bond acceptors (Lipinski definition) is 3. The normalized spacial score (nSPS) is 11.0. The van der Waals surface area contributed by atoms with Crippen molar-refractivity contribution in [2.24, 2.45) is 0 Å². The Morgan fingerprint density at radius 3 is 2.48 bits per heavy atom. The van der Waals surface area contributed by atoms with Crippen LogP contribution in [-0.2, 0) is 19.2 Å². The highest BCUT2D eigenvalue weighted by molar-refractivity contribution is 7.10. The van der Waals surface area contributed by atoms with Gasteiger partial charge in [-0.15, -0.1) is 11.3 Å². The van der Waals surface area contributed by atoms with E-state index in [0.717, 1.165) is 17.7 Å². The predicted octanol–water partition coefficient (Wildman–Crippen LogP) is 3.64. The maximum Gasteiger partial charge on any atom is 0.416 e. The Kier molecular flexibility index (Phi) is 4.99. The molecule has 0 unspecified atom stereocenters. The van der Waals surface area contributed by atoms with E-state index >= 15 is 0 Å². The zero-order valence-electron chi connectivity index (χ0n) is 10.9. The summed E-state index contributed by atoms with van der Waals surface area (Å²) in [5.74, 6) is 5.80. The molecular formula is C15H12F3NOS.